The molecule has 2 unspecified atom stereocenters. The minimum atomic E-state index is 0.434. The fourth-order valence-corrected chi connectivity index (χ4v) is 3.61. The van der Waals surface area contributed by atoms with E-state index in [2.05, 4.69) is 26.1 Å². The van der Waals surface area contributed by atoms with E-state index in [1.165, 1.54) is 44.9 Å². The fraction of sp³-hybridized carbons (Fsp3) is 1.00. The monoisotopic (exact) mass is 239 g/mol. The van der Waals surface area contributed by atoms with Gasteiger partial charge in [-0.2, -0.15) is 0 Å². The molecule has 1 aliphatic carbocycles. The van der Waals surface area contributed by atoms with Crippen molar-refractivity contribution in [3.63, 3.8) is 0 Å². The van der Waals surface area contributed by atoms with Gasteiger partial charge in [-0.3, -0.25) is 0 Å². The average molecular weight is 239 g/mol. The molecule has 1 saturated carbocycles. The minimum absolute atomic E-state index is 0.434. The predicted octanol–water partition coefficient (Wildman–Crippen LogP) is 3.50. The first-order valence-corrected chi connectivity index (χ1v) is 7.58. The molecular formula is C15H29NO. The topological polar surface area (TPSA) is 21.3 Å². The Morgan fingerprint density at radius 2 is 1.53 bits per heavy atom. The summed E-state index contributed by atoms with van der Waals surface area (Å²) in [5, 5.41) is 3.88. The van der Waals surface area contributed by atoms with Gasteiger partial charge in [-0.15, -0.1) is 0 Å². The summed E-state index contributed by atoms with van der Waals surface area (Å²) in [6, 6.07) is 1.47. The largest absolute Gasteiger partial charge is 0.375 e. The zero-order valence-electron chi connectivity index (χ0n) is 11.7. The Balaban J connectivity index is 1.74. The summed E-state index contributed by atoms with van der Waals surface area (Å²) in [5.74, 6) is 1.00. The van der Waals surface area contributed by atoms with Crippen LogP contribution in [0.1, 0.15) is 65.7 Å². The van der Waals surface area contributed by atoms with Gasteiger partial charge in [-0.1, -0.05) is 13.3 Å². The van der Waals surface area contributed by atoms with Crippen LogP contribution in [-0.2, 0) is 4.74 Å². The Morgan fingerprint density at radius 1 is 0.941 bits per heavy atom. The van der Waals surface area contributed by atoms with Gasteiger partial charge in [0.25, 0.3) is 0 Å². The Labute approximate surface area is 107 Å². The summed E-state index contributed by atoms with van der Waals surface area (Å²) in [6.07, 6.45) is 10.3. The van der Waals surface area contributed by atoms with Crippen LogP contribution in [0, 0.1) is 5.92 Å². The Bertz CT molecular complexity index is 213. The standard InChI is InChI=1S/C15H29NO/c1-4-13-5-7-14(8-6-13)16-15-9-11(2)17-12(3)10-15/h11-16H,4-10H2,1-3H3. The predicted molar refractivity (Wildman–Crippen MR) is 72.2 cm³/mol. The number of rotatable bonds is 3. The van der Waals surface area contributed by atoms with Crippen LogP contribution in [-0.4, -0.2) is 24.3 Å². The summed E-state index contributed by atoms with van der Waals surface area (Å²) in [4.78, 5) is 0. The molecule has 2 nitrogen and oxygen atoms in total. The van der Waals surface area contributed by atoms with E-state index < -0.39 is 0 Å². The normalized spacial score (nSPS) is 43.6. The van der Waals surface area contributed by atoms with E-state index in [1.54, 1.807) is 0 Å². The second-order valence-electron chi connectivity index (χ2n) is 6.22. The third-order valence-electron chi connectivity index (χ3n) is 4.59. The minimum Gasteiger partial charge on any atom is -0.375 e. The van der Waals surface area contributed by atoms with Crippen molar-refractivity contribution in [3.05, 3.63) is 0 Å². The molecule has 1 heterocycles. The zero-order chi connectivity index (χ0) is 12.3. The lowest BCUT2D eigenvalue weighted by Crippen LogP contribution is -2.46. The molecule has 0 radical (unpaired) electrons. The molecule has 0 aromatic carbocycles. The lowest BCUT2D eigenvalue weighted by Gasteiger charge is -2.37. The van der Waals surface area contributed by atoms with E-state index >= 15 is 0 Å². The molecule has 2 fully saturated rings. The van der Waals surface area contributed by atoms with Crippen LogP contribution in [0.15, 0.2) is 0 Å². The van der Waals surface area contributed by atoms with Gasteiger partial charge < -0.3 is 10.1 Å². The highest BCUT2D eigenvalue weighted by Crippen LogP contribution is 2.28. The molecule has 17 heavy (non-hydrogen) atoms. The van der Waals surface area contributed by atoms with Crippen molar-refractivity contribution in [2.24, 2.45) is 5.92 Å². The van der Waals surface area contributed by atoms with Gasteiger partial charge in [-0.25, -0.2) is 0 Å². The maximum absolute atomic E-state index is 5.80. The molecule has 2 heteroatoms. The molecule has 2 aliphatic rings. The molecular weight excluding hydrogens is 210 g/mol. The first-order chi connectivity index (χ1) is 8.17. The smallest absolute Gasteiger partial charge is 0.0565 e. The van der Waals surface area contributed by atoms with Crippen LogP contribution in [0.5, 0.6) is 0 Å². The first kappa shape index (κ1) is 13.4. The highest BCUT2D eigenvalue weighted by molar-refractivity contribution is 4.84. The number of nitrogens with one attached hydrogen (secondary N) is 1. The third kappa shape index (κ3) is 3.96. The van der Waals surface area contributed by atoms with Crippen molar-refractivity contribution in [2.75, 3.05) is 0 Å². The summed E-state index contributed by atoms with van der Waals surface area (Å²) in [6.45, 7) is 6.75. The molecule has 1 aliphatic heterocycles. The summed E-state index contributed by atoms with van der Waals surface area (Å²) in [7, 11) is 0. The maximum atomic E-state index is 5.80. The van der Waals surface area contributed by atoms with E-state index in [9.17, 15) is 0 Å². The Morgan fingerprint density at radius 3 is 2.06 bits per heavy atom. The summed E-state index contributed by atoms with van der Waals surface area (Å²) < 4.78 is 5.80. The molecule has 0 aromatic rings. The molecule has 2 rings (SSSR count). The van der Waals surface area contributed by atoms with E-state index in [-0.39, 0.29) is 0 Å². The highest BCUT2D eigenvalue weighted by Gasteiger charge is 2.27. The third-order valence-corrected chi connectivity index (χ3v) is 4.59. The lowest BCUT2D eigenvalue weighted by molar-refractivity contribution is -0.0443. The van der Waals surface area contributed by atoms with E-state index in [0.717, 1.165) is 12.0 Å². The molecule has 100 valence electrons. The summed E-state index contributed by atoms with van der Waals surface area (Å²) in [5.41, 5.74) is 0. The van der Waals surface area contributed by atoms with E-state index in [1.807, 2.05) is 0 Å². The molecule has 0 aromatic heterocycles. The first-order valence-electron chi connectivity index (χ1n) is 7.58. The van der Waals surface area contributed by atoms with Crippen LogP contribution in [0.4, 0.5) is 0 Å². The lowest BCUT2D eigenvalue weighted by atomic mass is 9.84. The SMILES string of the molecule is CCC1CCC(NC2CC(C)OC(C)C2)CC1. The van der Waals surface area contributed by atoms with Crippen molar-refractivity contribution in [3.8, 4) is 0 Å². The average Bonchev–Trinajstić information content (AvgIpc) is 2.28. The van der Waals surface area contributed by atoms with Crippen LogP contribution in [0.25, 0.3) is 0 Å². The number of hydrogen-bond acceptors (Lipinski definition) is 2. The van der Waals surface area contributed by atoms with E-state index in [4.69, 9.17) is 4.74 Å². The van der Waals surface area contributed by atoms with Gasteiger partial charge in [0.2, 0.25) is 0 Å². The zero-order valence-corrected chi connectivity index (χ0v) is 11.7. The van der Waals surface area contributed by atoms with Gasteiger partial charge in [0.05, 0.1) is 12.2 Å². The van der Waals surface area contributed by atoms with Crippen LogP contribution >= 0.6 is 0 Å². The molecule has 0 amide bonds. The van der Waals surface area contributed by atoms with Crippen molar-refractivity contribution in [2.45, 2.75) is 90.0 Å². The van der Waals surface area contributed by atoms with Gasteiger partial charge in [0.15, 0.2) is 0 Å². The fourth-order valence-electron chi connectivity index (χ4n) is 3.61. The highest BCUT2D eigenvalue weighted by atomic mass is 16.5. The van der Waals surface area contributed by atoms with Gasteiger partial charge in [-0.05, 0) is 58.3 Å². The van der Waals surface area contributed by atoms with Crippen LogP contribution < -0.4 is 5.32 Å². The van der Waals surface area contributed by atoms with Crippen molar-refractivity contribution in [1.29, 1.82) is 0 Å². The molecule has 0 spiro atoms. The second-order valence-corrected chi connectivity index (χ2v) is 6.22. The van der Waals surface area contributed by atoms with Crippen molar-refractivity contribution < 1.29 is 4.74 Å². The number of hydrogen-bond donors (Lipinski definition) is 1. The van der Waals surface area contributed by atoms with Crippen molar-refractivity contribution >= 4 is 0 Å². The molecule has 1 saturated heterocycles. The number of ether oxygens (including phenoxy) is 1. The van der Waals surface area contributed by atoms with Crippen molar-refractivity contribution in [1.82, 2.24) is 5.32 Å². The Kier molecular flexibility index (Phi) is 4.87. The van der Waals surface area contributed by atoms with E-state index in [0.29, 0.717) is 18.2 Å². The van der Waals surface area contributed by atoms with Crippen LogP contribution in [0.3, 0.4) is 0 Å². The second kappa shape index (κ2) is 6.19. The maximum Gasteiger partial charge on any atom is 0.0565 e. The molecule has 2 atom stereocenters. The molecule has 1 N–H and O–H groups in total. The van der Waals surface area contributed by atoms with Gasteiger partial charge >= 0.3 is 0 Å². The Hall–Kier alpha value is -0.0800. The van der Waals surface area contributed by atoms with Gasteiger partial charge in [0.1, 0.15) is 0 Å². The molecule has 0 bridgehead atoms. The van der Waals surface area contributed by atoms with Gasteiger partial charge in [0, 0.05) is 12.1 Å². The summed E-state index contributed by atoms with van der Waals surface area (Å²) >= 11 is 0. The van der Waals surface area contributed by atoms with Crippen LogP contribution in [0.2, 0.25) is 0 Å². The quantitative estimate of drug-likeness (QED) is 0.814.